The molecule has 44 heavy (non-hydrogen) atoms. The SMILES string of the molecule is CCO[Si](OCC)(OCC)N(C)C(=O)C(C)S(=O)(=O)C(F)(F)C(F)(F)C(F)(F)C(F)(F)C(F)(F)C(F)(F)C(F)(F)C(F)(F)F. The summed E-state index contributed by atoms with van der Waals surface area (Å²) in [6, 6.07) is 0. The molecule has 26 heteroatoms. The lowest BCUT2D eigenvalue weighted by Gasteiger charge is -2.43. The van der Waals surface area contributed by atoms with Crippen molar-refractivity contribution in [2.24, 2.45) is 0 Å². The standard InChI is InChI=1S/C18H22F17NO6SSi/c1-6-40-44(41-7-2,42-8-3)36(5)10(37)9(4)43(38,39)18(34,35)16(29,30)14(25,26)12(21,22)11(19,20)13(23,24)15(27,28)17(31,32)33/h9H,6-8H2,1-5H3. The smallest absolute Gasteiger partial charge is 0.357 e. The number of alkyl halides is 17. The third-order valence-corrected chi connectivity index (χ3v) is 10.7. The normalized spacial score (nSPS) is 16.2. The molecule has 1 amide bonds. The van der Waals surface area contributed by atoms with Gasteiger partial charge in [0.05, 0.1) is 0 Å². The van der Waals surface area contributed by atoms with Gasteiger partial charge in [-0.15, -0.1) is 0 Å². The maximum absolute atomic E-state index is 14.6. The molecule has 0 saturated carbocycles. The Morgan fingerprint density at radius 2 is 0.886 bits per heavy atom. The third-order valence-electron chi connectivity index (χ3n) is 5.59. The van der Waals surface area contributed by atoms with E-state index in [0.717, 1.165) is 0 Å². The number of nitrogens with zero attached hydrogens (tertiary/aromatic N) is 1. The molecule has 0 radical (unpaired) electrons. The van der Waals surface area contributed by atoms with Crippen molar-refractivity contribution in [3.63, 3.8) is 0 Å². The lowest BCUT2D eigenvalue weighted by atomic mass is 9.91. The molecule has 0 saturated heterocycles. The van der Waals surface area contributed by atoms with Gasteiger partial charge in [0.1, 0.15) is 5.25 Å². The summed E-state index contributed by atoms with van der Waals surface area (Å²) in [7, 11) is -11.9. The van der Waals surface area contributed by atoms with Crippen molar-refractivity contribution < 1.29 is 101 Å². The Kier molecular flexibility index (Phi) is 12.0. The van der Waals surface area contributed by atoms with Gasteiger partial charge in [-0.2, -0.15) is 74.6 Å². The highest BCUT2D eigenvalue weighted by molar-refractivity contribution is 7.93. The molecule has 0 aliphatic heterocycles. The van der Waals surface area contributed by atoms with E-state index in [2.05, 4.69) is 0 Å². The Labute approximate surface area is 237 Å². The summed E-state index contributed by atoms with van der Waals surface area (Å²) in [5, 5.41) is -11.6. The van der Waals surface area contributed by atoms with E-state index in [0.29, 0.717) is 7.05 Å². The van der Waals surface area contributed by atoms with Gasteiger partial charge in [0.25, 0.3) is 0 Å². The minimum Gasteiger partial charge on any atom is -0.357 e. The second-order valence-corrected chi connectivity index (χ2v) is 13.3. The summed E-state index contributed by atoms with van der Waals surface area (Å²) in [6.45, 7) is 2.06. The van der Waals surface area contributed by atoms with Crippen LogP contribution in [0.2, 0.25) is 0 Å². The lowest BCUT2D eigenvalue weighted by molar-refractivity contribution is -0.458. The van der Waals surface area contributed by atoms with Crippen molar-refractivity contribution in [2.45, 2.75) is 79.9 Å². The van der Waals surface area contributed by atoms with Gasteiger partial charge in [-0.05, 0) is 27.7 Å². The van der Waals surface area contributed by atoms with E-state index in [9.17, 15) is 87.8 Å². The van der Waals surface area contributed by atoms with Crippen LogP contribution in [0.4, 0.5) is 74.6 Å². The van der Waals surface area contributed by atoms with Crippen LogP contribution < -0.4 is 0 Å². The summed E-state index contributed by atoms with van der Waals surface area (Å²) < 4.78 is 270. The fourth-order valence-corrected chi connectivity index (χ4v) is 6.89. The topological polar surface area (TPSA) is 82.1 Å². The zero-order valence-electron chi connectivity index (χ0n) is 22.4. The van der Waals surface area contributed by atoms with Crippen molar-refractivity contribution in [3.8, 4) is 0 Å². The van der Waals surface area contributed by atoms with Gasteiger partial charge in [-0.3, -0.25) is 4.79 Å². The maximum Gasteiger partial charge on any atom is 0.635 e. The van der Waals surface area contributed by atoms with Gasteiger partial charge in [-0.1, -0.05) is 0 Å². The average molecular weight is 731 g/mol. The van der Waals surface area contributed by atoms with Crippen LogP contribution in [0, 0.1) is 0 Å². The first kappa shape index (κ1) is 42.3. The zero-order valence-corrected chi connectivity index (χ0v) is 24.2. The van der Waals surface area contributed by atoms with Crippen LogP contribution in [-0.4, -0.2) is 107 Å². The fraction of sp³-hybridized carbons (Fsp3) is 0.944. The Morgan fingerprint density at radius 1 is 0.614 bits per heavy atom. The van der Waals surface area contributed by atoms with E-state index in [4.69, 9.17) is 13.3 Å². The molecule has 0 aromatic carbocycles. The summed E-state index contributed by atoms with van der Waals surface area (Å²) >= 11 is 0. The molecule has 7 nitrogen and oxygen atoms in total. The first-order valence-electron chi connectivity index (χ1n) is 11.3. The van der Waals surface area contributed by atoms with E-state index < -0.39 is 96.7 Å². The van der Waals surface area contributed by atoms with Gasteiger partial charge < -0.3 is 17.8 Å². The second-order valence-electron chi connectivity index (χ2n) is 8.37. The van der Waals surface area contributed by atoms with Crippen LogP contribution in [0.1, 0.15) is 27.7 Å². The number of halogens is 17. The molecule has 0 bridgehead atoms. The number of sulfone groups is 1. The summed E-state index contributed by atoms with van der Waals surface area (Å²) in [4.78, 5) is 12.7. The predicted molar refractivity (Wildman–Crippen MR) is 112 cm³/mol. The molecule has 0 spiro atoms. The third kappa shape index (κ3) is 5.96. The van der Waals surface area contributed by atoms with Crippen molar-refractivity contribution >= 4 is 24.7 Å². The quantitative estimate of drug-likeness (QED) is 0.149. The van der Waals surface area contributed by atoms with E-state index in [1.54, 1.807) is 0 Å². The number of rotatable bonds is 16. The van der Waals surface area contributed by atoms with Crippen molar-refractivity contribution in [2.75, 3.05) is 26.9 Å². The monoisotopic (exact) mass is 731 g/mol. The van der Waals surface area contributed by atoms with Crippen LogP contribution in [0.5, 0.6) is 0 Å². The van der Waals surface area contributed by atoms with Crippen LogP contribution in [0.15, 0.2) is 0 Å². The first-order chi connectivity index (χ1) is 19.2. The molecule has 0 aromatic rings. The van der Waals surface area contributed by atoms with Gasteiger partial charge in [0.15, 0.2) is 0 Å². The van der Waals surface area contributed by atoms with Gasteiger partial charge in [-0.25, -0.2) is 8.42 Å². The number of hydrogen-bond acceptors (Lipinski definition) is 6. The van der Waals surface area contributed by atoms with Gasteiger partial charge >= 0.3 is 55.9 Å². The first-order valence-corrected chi connectivity index (χ1v) is 14.5. The minimum absolute atomic E-state index is 0.0272. The van der Waals surface area contributed by atoms with Crippen LogP contribution in [0.25, 0.3) is 0 Å². The fourth-order valence-electron chi connectivity index (χ4n) is 3.05. The Morgan fingerprint density at radius 3 is 1.16 bits per heavy atom. The maximum atomic E-state index is 14.6. The molecule has 0 fully saturated rings. The highest BCUT2D eigenvalue weighted by Crippen LogP contribution is 2.64. The second kappa shape index (κ2) is 12.5. The molecule has 1 atom stereocenters. The molecular weight excluding hydrogens is 709 g/mol. The highest BCUT2D eigenvalue weighted by atomic mass is 32.2. The number of hydrogen-bond donors (Lipinski definition) is 0. The van der Waals surface area contributed by atoms with Crippen LogP contribution in [0.3, 0.4) is 0 Å². The number of carbonyl (C=O) groups is 1. The Balaban J connectivity index is 7.11. The molecule has 0 rings (SSSR count). The summed E-state index contributed by atoms with van der Waals surface area (Å²) in [6.07, 6.45) is -7.94. The molecule has 0 aliphatic rings. The predicted octanol–water partition coefficient (Wildman–Crippen LogP) is 5.76. The van der Waals surface area contributed by atoms with Crippen molar-refractivity contribution in [3.05, 3.63) is 0 Å². The largest absolute Gasteiger partial charge is 0.635 e. The molecular formula is C18H22F17NO6SSi. The Hall–Kier alpha value is -1.67. The van der Waals surface area contributed by atoms with E-state index in [1.165, 1.54) is 20.8 Å². The van der Waals surface area contributed by atoms with E-state index in [1.807, 2.05) is 0 Å². The summed E-state index contributed by atoms with van der Waals surface area (Å²) in [5.41, 5.74) is 0. The van der Waals surface area contributed by atoms with Crippen LogP contribution in [-0.2, 0) is 27.9 Å². The number of carbonyl (C=O) groups excluding carboxylic acids is 1. The molecule has 0 aromatic heterocycles. The molecule has 0 N–H and O–H groups in total. The average Bonchev–Trinajstić information content (AvgIpc) is 2.86. The lowest BCUT2D eigenvalue weighted by Crippen LogP contribution is -2.75. The molecule has 0 heterocycles. The zero-order chi connectivity index (χ0) is 36.0. The van der Waals surface area contributed by atoms with Crippen molar-refractivity contribution in [1.29, 1.82) is 0 Å². The molecule has 264 valence electrons. The van der Waals surface area contributed by atoms with Crippen molar-refractivity contribution in [1.82, 2.24) is 4.57 Å². The molecule has 1 unspecified atom stereocenters. The number of amides is 1. The van der Waals surface area contributed by atoms with E-state index in [-0.39, 0.29) is 11.5 Å². The molecule has 0 aliphatic carbocycles. The highest BCUT2D eigenvalue weighted by Gasteiger charge is 2.96. The summed E-state index contributed by atoms with van der Waals surface area (Å²) in [5.74, 6) is -54.8. The van der Waals surface area contributed by atoms with Crippen LogP contribution >= 0.6 is 0 Å². The van der Waals surface area contributed by atoms with E-state index >= 15 is 0 Å². The Bertz CT molecular complexity index is 1110. The minimum atomic E-state index is -8.98. The van der Waals surface area contributed by atoms with Gasteiger partial charge in [0.2, 0.25) is 15.7 Å². The van der Waals surface area contributed by atoms with Gasteiger partial charge in [0, 0.05) is 26.9 Å².